The highest BCUT2D eigenvalue weighted by Crippen LogP contribution is 2.21. The van der Waals surface area contributed by atoms with E-state index in [-0.39, 0.29) is 42.5 Å². The quantitative estimate of drug-likeness (QED) is 0.437. The lowest BCUT2D eigenvalue weighted by molar-refractivity contribution is 0.0697. The molecule has 1 aliphatic heterocycles. The number of fused-ring (bicyclic) bond motifs is 1. The molecule has 1 saturated heterocycles. The number of carbonyl (C=O) groups is 1. The van der Waals surface area contributed by atoms with Gasteiger partial charge in [-0.1, -0.05) is 24.3 Å². The van der Waals surface area contributed by atoms with Crippen LogP contribution in [0.4, 0.5) is 4.39 Å². The largest absolute Gasteiger partial charge is 0.336 e. The van der Waals surface area contributed by atoms with Crippen molar-refractivity contribution >= 4 is 26.8 Å². The van der Waals surface area contributed by atoms with Crippen molar-refractivity contribution in [3.8, 4) is 5.69 Å². The molecular weight excluding hydrogens is 471 g/mol. The summed E-state index contributed by atoms with van der Waals surface area (Å²) in [5.41, 5.74) is 1.39. The van der Waals surface area contributed by atoms with E-state index < -0.39 is 15.8 Å². The van der Waals surface area contributed by atoms with Gasteiger partial charge in [-0.2, -0.15) is 4.31 Å². The Balaban J connectivity index is 1.30. The Labute approximate surface area is 200 Å². The maximum absolute atomic E-state index is 14.0. The van der Waals surface area contributed by atoms with E-state index in [4.69, 9.17) is 0 Å². The Morgan fingerprint density at radius 2 is 1.51 bits per heavy atom. The molecule has 1 amide bonds. The van der Waals surface area contributed by atoms with E-state index in [2.05, 4.69) is 4.98 Å². The fraction of sp³-hybridized carbons (Fsp3) is 0.160. The molecule has 2 heterocycles. The Morgan fingerprint density at radius 1 is 0.857 bits per heavy atom. The van der Waals surface area contributed by atoms with E-state index in [0.717, 1.165) is 6.07 Å². The predicted molar refractivity (Wildman–Crippen MR) is 128 cm³/mol. The molecule has 0 N–H and O–H groups in total. The number of halogens is 1. The van der Waals surface area contributed by atoms with Gasteiger partial charge in [0.25, 0.3) is 11.5 Å². The smallest absolute Gasteiger partial charge is 0.265 e. The molecule has 5 rings (SSSR count). The third-order valence-corrected chi connectivity index (χ3v) is 7.97. The summed E-state index contributed by atoms with van der Waals surface area (Å²) in [6.07, 6.45) is 1.46. The van der Waals surface area contributed by atoms with Gasteiger partial charge in [0.05, 0.1) is 16.6 Å². The number of carbonyl (C=O) groups excluding carboxylic acids is 1. The van der Waals surface area contributed by atoms with Crippen LogP contribution < -0.4 is 5.56 Å². The molecule has 35 heavy (non-hydrogen) atoms. The predicted octanol–water partition coefficient (Wildman–Crippen LogP) is 2.67. The van der Waals surface area contributed by atoms with Crippen LogP contribution in [0.15, 0.2) is 88.8 Å². The molecular formula is C25H21FN4O4S. The van der Waals surface area contributed by atoms with Crippen molar-refractivity contribution in [1.82, 2.24) is 18.8 Å². The van der Waals surface area contributed by atoms with Gasteiger partial charge in [0.2, 0.25) is 10.0 Å². The zero-order chi connectivity index (χ0) is 24.6. The highest BCUT2D eigenvalue weighted by molar-refractivity contribution is 7.89. The van der Waals surface area contributed by atoms with Crippen LogP contribution in [-0.4, -0.2) is 59.3 Å². The van der Waals surface area contributed by atoms with Gasteiger partial charge in [-0.25, -0.2) is 17.8 Å². The van der Waals surface area contributed by atoms with E-state index in [1.54, 1.807) is 47.4 Å². The first-order valence-electron chi connectivity index (χ1n) is 11.0. The van der Waals surface area contributed by atoms with Gasteiger partial charge in [0.15, 0.2) is 0 Å². The van der Waals surface area contributed by atoms with Gasteiger partial charge in [0, 0.05) is 31.7 Å². The van der Waals surface area contributed by atoms with E-state index in [1.807, 2.05) is 6.07 Å². The number of piperazine rings is 1. The molecule has 0 radical (unpaired) electrons. The first-order valence-corrected chi connectivity index (χ1v) is 12.4. The Kier molecular flexibility index (Phi) is 5.91. The first kappa shape index (κ1) is 22.9. The zero-order valence-electron chi connectivity index (χ0n) is 18.5. The molecule has 0 aliphatic carbocycles. The van der Waals surface area contributed by atoms with Crippen molar-refractivity contribution < 1.29 is 17.6 Å². The Bertz CT molecular complexity index is 1580. The number of amides is 1. The third-order valence-electron chi connectivity index (χ3n) is 6.04. The lowest BCUT2D eigenvalue weighted by atomic mass is 10.1. The second-order valence-corrected chi connectivity index (χ2v) is 10.0. The summed E-state index contributed by atoms with van der Waals surface area (Å²) < 4.78 is 42.2. The van der Waals surface area contributed by atoms with E-state index in [0.29, 0.717) is 22.2 Å². The van der Waals surface area contributed by atoms with Crippen molar-refractivity contribution in [2.24, 2.45) is 0 Å². The Hall–Kier alpha value is -3.89. The molecule has 1 aromatic heterocycles. The average Bonchev–Trinajstić information content (AvgIpc) is 2.89. The van der Waals surface area contributed by atoms with Crippen LogP contribution in [0.5, 0.6) is 0 Å². The van der Waals surface area contributed by atoms with Crippen molar-refractivity contribution in [1.29, 1.82) is 0 Å². The molecule has 3 aromatic carbocycles. The maximum Gasteiger partial charge on any atom is 0.265 e. The van der Waals surface area contributed by atoms with E-state index in [1.165, 1.54) is 33.4 Å². The average molecular weight is 493 g/mol. The summed E-state index contributed by atoms with van der Waals surface area (Å²) in [5.74, 6) is -1.05. The van der Waals surface area contributed by atoms with Crippen LogP contribution in [0.2, 0.25) is 0 Å². The summed E-state index contributed by atoms with van der Waals surface area (Å²) >= 11 is 0. The van der Waals surface area contributed by atoms with Gasteiger partial charge in [-0.15, -0.1) is 0 Å². The zero-order valence-corrected chi connectivity index (χ0v) is 19.4. The summed E-state index contributed by atoms with van der Waals surface area (Å²) in [6.45, 7) is 0.502. The number of nitrogens with zero attached hydrogens (tertiary/aromatic N) is 4. The lowest BCUT2D eigenvalue weighted by Crippen LogP contribution is -2.50. The van der Waals surface area contributed by atoms with Crippen LogP contribution in [0, 0.1) is 5.82 Å². The minimum Gasteiger partial charge on any atom is -0.336 e. The molecule has 1 aliphatic rings. The second-order valence-electron chi connectivity index (χ2n) is 8.11. The fourth-order valence-corrected chi connectivity index (χ4v) is 5.61. The molecule has 10 heteroatoms. The van der Waals surface area contributed by atoms with Crippen LogP contribution in [-0.2, 0) is 10.0 Å². The summed E-state index contributed by atoms with van der Waals surface area (Å²) in [5, 5.41) is 0.498. The minimum absolute atomic E-state index is 0.0681. The standard InChI is InChI=1S/C25H21FN4O4S/c26-21-6-2-4-8-23(21)35(33,34)29-15-13-28(14-16-29)24(31)18-9-11-19(12-10-18)30-17-27-22-7-3-1-5-20(22)25(30)32/h1-12,17H,13-16H2. The van der Waals surface area contributed by atoms with E-state index in [9.17, 15) is 22.4 Å². The second kappa shape index (κ2) is 9.05. The molecule has 0 saturated carbocycles. The Morgan fingerprint density at radius 3 is 2.23 bits per heavy atom. The third kappa shape index (κ3) is 4.22. The van der Waals surface area contributed by atoms with E-state index >= 15 is 0 Å². The van der Waals surface area contributed by atoms with Gasteiger partial charge < -0.3 is 4.90 Å². The van der Waals surface area contributed by atoms with Crippen LogP contribution in [0.25, 0.3) is 16.6 Å². The highest BCUT2D eigenvalue weighted by Gasteiger charge is 2.32. The van der Waals surface area contributed by atoms with Gasteiger partial charge >= 0.3 is 0 Å². The first-order chi connectivity index (χ1) is 16.9. The SMILES string of the molecule is O=C(c1ccc(-n2cnc3ccccc3c2=O)cc1)N1CCN(S(=O)(=O)c2ccccc2F)CC1. The van der Waals surface area contributed by atoms with Gasteiger partial charge in [-0.3, -0.25) is 14.2 Å². The fourth-order valence-electron chi connectivity index (χ4n) is 4.12. The van der Waals surface area contributed by atoms with Gasteiger partial charge in [-0.05, 0) is 48.5 Å². The number of para-hydroxylation sites is 1. The molecule has 0 unspecified atom stereocenters. The topological polar surface area (TPSA) is 92.6 Å². The van der Waals surface area contributed by atoms with Crippen LogP contribution in [0.1, 0.15) is 10.4 Å². The van der Waals surface area contributed by atoms with Gasteiger partial charge in [0.1, 0.15) is 17.0 Å². The monoisotopic (exact) mass is 492 g/mol. The number of rotatable bonds is 4. The normalized spacial score (nSPS) is 14.8. The highest BCUT2D eigenvalue weighted by atomic mass is 32.2. The summed E-state index contributed by atoms with van der Waals surface area (Å²) in [7, 11) is -3.98. The number of sulfonamides is 1. The maximum atomic E-state index is 14.0. The molecule has 178 valence electrons. The molecule has 0 spiro atoms. The van der Waals surface area contributed by atoms with Crippen LogP contribution >= 0.6 is 0 Å². The molecule has 4 aromatic rings. The molecule has 8 nitrogen and oxygen atoms in total. The summed E-state index contributed by atoms with van der Waals surface area (Å²) in [4.78, 5) is 31.3. The molecule has 0 bridgehead atoms. The van der Waals surface area contributed by atoms with Crippen molar-refractivity contribution in [3.05, 3.63) is 101 Å². The molecule has 1 fully saturated rings. The van der Waals surface area contributed by atoms with Crippen molar-refractivity contribution in [3.63, 3.8) is 0 Å². The lowest BCUT2D eigenvalue weighted by Gasteiger charge is -2.34. The van der Waals surface area contributed by atoms with Crippen molar-refractivity contribution in [2.75, 3.05) is 26.2 Å². The number of hydrogen-bond acceptors (Lipinski definition) is 5. The number of benzene rings is 3. The van der Waals surface area contributed by atoms with Crippen molar-refractivity contribution in [2.45, 2.75) is 4.90 Å². The van der Waals surface area contributed by atoms with Crippen LogP contribution in [0.3, 0.4) is 0 Å². The summed E-state index contributed by atoms with van der Waals surface area (Å²) in [6, 6.07) is 18.9. The molecule has 0 atom stereocenters. The number of hydrogen-bond donors (Lipinski definition) is 0. The minimum atomic E-state index is -3.98. The number of aromatic nitrogens is 2.